The molecule has 3 fully saturated rings. The number of hydrogen-bond donors (Lipinski definition) is 3. The van der Waals surface area contributed by atoms with E-state index in [9.17, 15) is 14.0 Å². The van der Waals surface area contributed by atoms with Gasteiger partial charge >= 0.3 is 0 Å². The minimum Gasteiger partial charge on any atom is -0.349 e. The van der Waals surface area contributed by atoms with Gasteiger partial charge in [-0.25, -0.2) is 18.9 Å². The number of fused-ring (bicyclic) bond motifs is 1. The Labute approximate surface area is 328 Å². The van der Waals surface area contributed by atoms with Crippen molar-refractivity contribution in [2.45, 2.75) is 96.3 Å². The van der Waals surface area contributed by atoms with Crippen molar-refractivity contribution in [1.29, 1.82) is 0 Å². The van der Waals surface area contributed by atoms with Gasteiger partial charge < -0.3 is 20.9 Å². The lowest BCUT2D eigenvalue weighted by Crippen LogP contribution is -2.46. The van der Waals surface area contributed by atoms with E-state index in [0.29, 0.717) is 37.0 Å². The highest BCUT2D eigenvalue weighted by atomic mass is 19.1. The molecule has 2 aliphatic heterocycles. The number of piperidine rings is 2. The summed E-state index contributed by atoms with van der Waals surface area (Å²) in [6.07, 6.45) is 10.5. The van der Waals surface area contributed by atoms with Crippen molar-refractivity contribution >= 4 is 29.0 Å². The fourth-order valence-corrected chi connectivity index (χ4v) is 8.71. The Morgan fingerprint density at radius 3 is 2.23 bits per heavy atom. The number of aryl methyl sites for hydroxylation is 2. The molecule has 0 unspecified atom stereocenters. The number of benzene rings is 2. The topological polar surface area (TPSA) is 120 Å². The molecule has 1 saturated carbocycles. The molecule has 56 heavy (non-hydrogen) atoms. The number of likely N-dealkylation sites (tertiary alicyclic amines) is 2. The van der Waals surface area contributed by atoms with Crippen LogP contribution in [0.15, 0.2) is 72.9 Å². The van der Waals surface area contributed by atoms with Crippen LogP contribution in [0.5, 0.6) is 0 Å². The molecule has 1 aliphatic carbocycles. The zero-order valence-corrected chi connectivity index (χ0v) is 32.4. The highest BCUT2D eigenvalue weighted by molar-refractivity contribution is 5.99. The van der Waals surface area contributed by atoms with E-state index in [4.69, 9.17) is 0 Å². The zero-order chi connectivity index (χ0) is 38.6. The van der Waals surface area contributed by atoms with Crippen LogP contribution in [-0.4, -0.2) is 85.5 Å². The first-order valence-electron chi connectivity index (χ1n) is 20.3. The van der Waals surface area contributed by atoms with Crippen LogP contribution in [0.2, 0.25) is 0 Å². The predicted octanol–water partition coefficient (Wildman–Crippen LogP) is 7.21. The van der Waals surface area contributed by atoms with Crippen molar-refractivity contribution in [3.8, 4) is 11.1 Å². The molecule has 0 atom stereocenters. The Kier molecular flexibility index (Phi) is 11.4. The molecule has 292 valence electrons. The Morgan fingerprint density at radius 2 is 1.50 bits per heavy atom. The van der Waals surface area contributed by atoms with Crippen LogP contribution >= 0.6 is 0 Å². The number of amides is 2. The molecular formula is C44H52FN9O2. The second kappa shape index (κ2) is 16.9. The van der Waals surface area contributed by atoms with Gasteiger partial charge in [0, 0.05) is 47.8 Å². The molecule has 3 aromatic heterocycles. The van der Waals surface area contributed by atoms with Crippen molar-refractivity contribution in [2.75, 3.05) is 31.5 Å². The third kappa shape index (κ3) is 8.92. The van der Waals surface area contributed by atoms with Gasteiger partial charge in [-0.2, -0.15) is 5.10 Å². The summed E-state index contributed by atoms with van der Waals surface area (Å²) >= 11 is 0. The summed E-state index contributed by atoms with van der Waals surface area (Å²) in [6.45, 7) is 9.67. The van der Waals surface area contributed by atoms with Gasteiger partial charge in [0.25, 0.3) is 11.8 Å². The maximum absolute atomic E-state index is 14.5. The first kappa shape index (κ1) is 37.7. The Bertz CT molecular complexity index is 2170. The molecule has 0 radical (unpaired) electrons. The number of carbonyl (C=O) groups excluding carboxylic acids is 2. The van der Waals surface area contributed by atoms with E-state index in [1.54, 1.807) is 10.6 Å². The summed E-state index contributed by atoms with van der Waals surface area (Å²) in [4.78, 5) is 40.7. The lowest BCUT2D eigenvalue weighted by atomic mass is 9.91. The normalized spacial score (nSPS) is 19.8. The van der Waals surface area contributed by atoms with E-state index in [1.165, 1.54) is 56.8 Å². The number of anilines is 2. The molecule has 3 N–H and O–H groups in total. The molecule has 2 aromatic carbocycles. The van der Waals surface area contributed by atoms with E-state index in [2.05, 4.69) is 71.1 Å². The number of carbonyl (C=O) groups is 2. The van der Waals surface area contributed by atoms with E-state index in [-0.39, 0.29) is 29.4 Å². The van der Waals surface area contributed by atoms with Gasteiger partial charge in [0.1, 0.15) is 11.6 Å². The third-order valence-electron chi connectivity index (χ3n) is 11.7. The van der Waals surface area contributed by atoms with Crippen molar-refractivity contribution in [3.63, 3.8) is 0 Å². The van der Waals surface area contributed by atoms with Gasteiger partial charge in [-0.15, -0.1) is 0 Å². The Morgan fingerprint density at radius 1 is 0.786 bits per heavy atom. The molecule has 3 aliphatic rings. The van der Waals surface area contributed by atoms with Crippen LogP contribution in [0, 0.1) is 19.7 Å². The van der Waals surface area contributed by atoms with Crippen LogP contribution in [0.1, 0.15) is 95.6 Å². The molecule has 2 saturated heterocycles. The second-order valence-corrected chi connectivity index (χ2v) is 15.9. The van der Waals surface area contributed by atoms with Gasteiger partial charge in [0.05, 0.1) is 11.8 Å². The number of nitrogens with zero attached hydrogens (tertiary/aromatic N) is 6. The van der Waals surface area contributed by atoms with Crippen LogP contribution in [0.25, 0.3) is 16.8 Å². The highest BCUT2D eigenvalue weighted by Gasteiger charge is 2.27. The maximum atomic E-state index is 14.5. The molecule has 12 heteroatoms. The summed E-state index contributed by atoms with van der Waals surface area (Å²) in [5.41, 5.74) is 7.08. The van der Waals surface area contributed by atoms with Crippen LogP contribution in [-0.2, 0) is 6.54 Å². The van der Waals surface area contributed by atoms with Gasteiger partial charge in [0.2, 0.25) is 0 Å². The molecule has 5 aromatic rings. The van der Waals surface area contributed by atoms with E-state index in [1.807, 2.05) is 38.1 Å². The van der Waals surface area contributed by atoms with E-state index >= 15 is 0 Å². The first-order valence-corrected chi connectivity index (χ1v) is 20.3. The Hall–Kier alpha value is -5.20. The molecule has 0 spiro atoms. The van der Waals surface area contributed by atoms with Gasteiger partial charge in [-0.1, -0.05) is 42.8 Å². The molecular weight excluding hydrogens is 706 g/mol. The van der Waals surface area contributed by atoms with Crippen molar-refractivity contribution in [3.05, 3.63) is 107 Å². The quantitative estimate of drug-likeness (QED) is 0.137. The summed E-state index contributed by atoms with van der Waals surface area (Å²) in [6, 6.07) is 22.2. The summed E-state index contributed by atoms with van der Waals surface area (Å²) in [5, 5.41) is 13.9. The van der Waals surface area contributed by atoms with Crippen molar-refractivity contribution in [1.82, 2.24) is 40.0 Å². The van der Waals surface area contributed by atoms with E-state index in [0.717, 1.165) is 60.1 Å². The monoisotopic (exact) mass is 757 g/mol. The predicted molar refractivity (Wildman–Crippen MR) is 217 cm³/mol. The summed E-state index contributed by atoms with van der Waals surface area (Å²) in [5.74, 6) is -0.928. The second-order valence-electron chi connectivity index (χ2n) is 15.9. The SMILES string of the molecule is Cc1cc(C)n2nc(C(=O)N[C@H]3CC[C@@H](NC(=O)c4cc(F)cnc4Nc4cccc(-c5ccc(CN6CCC(N7CCCCC7)CC6)cc5)c4)CC3)cc2n1. The number of halogens is 1. The van der Waals surface area contributed by atoms with E-state index < -0.39 is 11.7 Å². The standard InChI is InChI=1S/C44H52FN9O2/c1-29-23-30(2)54-41(47-29)26-40(51-54)44(56)50-36-15-13-35(14-16-36)49-43(55)39-25-34(45)27-46-42(39)48-37-8-6-7-33(24-37)32-11-9-31(10-12-32)28-52-21-17-38(18-22-52)53-19-4-3-5-20-53/h6-12,23-27,35-36,38H,3-5,13-22,28H2,1-2H3,(H,46,48)(H,49,55)(H,50,56)/t35-,36+. The third-order valence-corrected chi connectivity index (χ3v) is 11.7. The van der Waals surface area contributed by atoms with Crippen molar-refractivity contribution < 1.29 is 14.0 Å². The molecule has 8 rings (SSSR count). The maximum Gasteiger partial charge on any atom is 0.272 e. The van der Waals surface area contributed by atoms with Crippen molar-refractivity contribution in [2.24, 2.45) is 0 Å². The van der Waals surface area contributed by atoms with Crippen LogP contribution < -0.4 is 16.0 Å². The largest absolute Gasteiger partial charge is 0.349 e. The fraction of sp³-hybridized carbons (Fsp3) is 0.432. The minimum atomic E-state index is -0.583. The average Bonchev–Trinajstić information content (AvgIpc) is 3.65. The van der Waals surface area contributed by atoms with Gasteiger partial charge in [0.15, 0.2) is 11.3 Å². The number of aromatic nitrogens is 4. The van der Waals surface area contributed by atoms with Crippen LogP contribution in [0.4, 0.5) is 15.9 Å². The minimum absolute atomic E-state index is 0.0419. The number of rotatable bonds is 10. The lowest BCUT2D eigenvalue weighted by molar-refractivity contribution is 0.0889. The number of hydrogen-bond acceptors (Lipinski definition) is 8. The molecule has 2 amide bonds. The van der Waals surface area contributed by atoms with Gasteiger partial charge in [-0.3, -0.25) is 14.5 Å². The van der Waals surface area contributed by atoms with Crippen LogP contribution in [0.3, 0.4) is 0 Å². The number of pyridine rings is 1. The average molecular weight is 758 g/mol. The molecule has 11 nitrogen and oxygen atoms in total. The fourth-order valence-electron chi connectivity index (χ4n) is 8.71. The summed E-state index contributed by atoms with van der Waals surface area (Å²) in [7, 11) is 0. The smallest absolute Gasteiger partial charge is 0.272 e. The zero-order valence-electron chi connectivity index (χ0n) is 32.4. The first-order chi connectivity index (χ1) is 27.2. The summed E-state index contributed by atoms with van der Waals surface area (Å²) < 4.78 is 16.2. The molecule has 5 heterocycles. The number of nitrogens with one attached hydrogen (secondary N) is 3. The lowest BCUT2D eigenvalue weighted by Gasteiger charge is -2.40. The Balaban J connectivity index is 0.842. The highest BCUT2D eigenvalue weighted by Crippen LogP contribution is 2.28. The van der Waals surface area contributed by atoms with Gasteiger partial charge in [-0.05, 0) is 132 Å². The molecule has 0 bridgehead atoms.